The van der Waals surface area contributed by atoms with Crippen LogP contribution in [0, 0.1) is 5.41 Å². The van der Waals surface area contributed by atoms with E-state index in [-0.39, 0.29) is 11.5 Å². The summed E-state index contributed by atoms with van der Waals surface area (Å²) in [5.41, 5.74) is 1.41. The molecule has 0 bridgehead atoms. The number of ether oxygens (including phenoxy) is 1. The zero-order valence-corrected chi connectivity index (χ0v) is 12.0. The van der Waals surface area contributed by atoms with Crippen molar-refractivity contribution in [2.24, 2.45) is 5.41 Å². The third kappa shape index (κ3) is 2.87. The normalized spacial score (nSPS) is 27.6. The van der Waals surface area contributed by atoms with Crippen molar-refractivity contribution in [2.45, 2.75) is 32.8 Å². The summed E-state index contributed by atoms with van der Waals surface area (Å²) in [4.78, 5) is 0. The number of halogens is 1. The standard InChI is InChI=1S/C15H22ClNO/c1-3-17-11-15(8-9-18-12(15)2)10-13-6-4-5-7-14(13)16/h4-7,12,17H,3,8-11H2,1-2H3. The van der Waals surface area contributed by atoms with Crippen LogP contribution in [-0.2, 0) is 11.2 Å². The quantitative estimate of drug-likeness (QED) is 0.884. The highest BCUT2D eigenvalue weighted by Gasteiger charge is 2.41. The molecule has 0 aliphatic carbocycles. The average Bonchev–Trinajstić information content (AvgIpc) is 2.72. The van der Waals surface area contributed by atoms with Crippen LogP contribution in [0.25, 0.3) is 0 Å². The molecular weight excluding hydrogens is 246 g/mol. The summed E-state index contributed by atoms with van der Waals surface area (Å²) in [7, 11) is 0. The van der Waals surface area contributed by atoms with Crippen molar-refractivity contribution in [1.29, 1.82) is 0 Å². The molecule has 0 radical (unpaired) electrons. The van der Waals surface area contributed by atoms with E-state index in [1.54, 1.807) is 0 Å². The second kappa shape index (κ2) is 6.05. The Hall–Kier alpha value is -0.570. The third-order valence-electron chi connectivity index (χ3n) is 4.06. The van der Waals surface area contributed by atoms with Crippen LogP contribution in [0.2, 0.25) is 5.02 Å². The fraction of sp³-hybridized carbons (Fsp3) is 0.600. The second-order valence-electron chi connectivity index (χ2n) is 5.17. The smallest absolute Gasteiger partial charge is 0.0619 e. The van der Waals surface area contributed by atoms with Crippen LogP contribution in [0.5, 0.6) is 0 Å². The number of hydrogen-bond donors (Lipinski definition) is 1. The predicted molar refractivity (Wildman–Crippen MR) is 76.2 cm³/mol. The summed E-state index contributed by atoms with van der Waals surface area (Å²) in [6.07, 6.45) is 2.38. The lowest BCUT2D eigenvalue weighted by atomic mass is 9.76. The van der Waals surface area contributed by atoms with Crippen LogP contribution < -0.4 is 5.32 Å². The van der Waals surface area contributed by atoms with E-state index in [2.05, 4.69) is 31.3 Å². The van der Waals surface area contributed by atoms with Gasteiger partial charge in [-0.1, -0.05) is 36.7 Å². The Morgan fingerprint density at radius 1 is 1.44 bits per heavy atom. The Labute approximate surface area is 115 Å². The van der Waals surface area contributed by atoms with Gasteiger partial charge in [0, 0.05) is 23.6 Å². The summed E-state index contributed by atoms with van der Waals surface area (Å²) in [5, 5.41) is 4.35. The van der Waals surface area contributed by atoms with Crippen LogP contribution in [0.1, 0.15) is 25.8 Å². The summed E-state index contributed by atoms with van der Waals surface area (Å²) < 4.78 is 5.79. The molecule has 2 nitrogen and oxygen atoms in total. The fourth-order valence-corrected chi connectivity index (χ4v) is 2.94. The van der Waals surface area contributed by atoms with Gasteiger partial charge in [-0.2, -0.15) is 0 Å². The minimum absolute atomic E-state index is 0.182. The van der Waals surface area contributed by atoms with Gasteiger partial charge in [0.2, 0.25) is 0 Å². The monoisotopic (exact) mass is 267 g/mol. The molecule has 2 atom stereocenters. The van der Waals surface area contributed by atoms with Gasteiger partial charge in [0.25, 0.3) is 0 Å². The van der Waals surface area contributed by atoms with E-state index in [0.29, 0.717) is 0 Å². The lowest BCUT2D eigenvalue weighted by Gasteiger charge is -2.33. The van der Waals surface area contributed by atoms with E-state index in [0.717, 1.165) is 37.6 Å². The Morgan fingerprint density at radius 2 is 2.22 bits per heavy atom. The number of rotatable bonds is 5. The molecule has 1 fully saturated rings. The Morgan fingerprint density at radius 3 is 2.83 bits per heavy atom. The van der Waals surface area contributed by atoms with Gasteiger partial charge in [0.15, 0.2) is 0 Å². The van der Waals surface area contributed by atoms with Crippen LogP contribution in [0.4, 0.5) is 0 Å². The first-order valence-electron chi connectivity index (χ1n) is 6.74. The first-order chi connectivity index (χ1) is 8.68. The number of benzene rings is 1. The lowest BCUT2D eigenvalue weighted by Crippen LogP contribution is -2.41. The molecule has 1 aromatic rings. The maximum Gasteiger partial charge on any atom is 0.0619 e. The molecule has 1 heterocycles. The number of hydrogen-bond acceptors (Lipinski definition) is 2. The van der Waals surface area contributed by atoms with Crippen molar-refractivity contribution in [1.82, 2.24) is 5.32 Å². The van der Waals surface area contributed by atoms with Gasteiger partial charge < -0.3 is 10.1 Å². The lowest BCUT2D eigenvalue weighted by molar-refractivity contribution is 0.0633. The van der Waals surface area contributed by atoms with Crippen molar-refractivity contribution < 1.29 is 4.74 Å². The molecule has 0 aromatic heterocycles. The zero-order valence-electron chi connectivity index (χ0n) is 11.2. The van der Waals surface area contributed by atoms with Gasteiger partial charge in [-0.15, -0.1) is 0 Å². The van der Waals surface area contributed by atoms with Gasteiger partial charge in [0.1, 0.15) is 0 Å². The van der Waals surface area contributed by atoms with Gasteiger partial charge in [0.05, 0.1) is 6.10 Å². The molecule has 100 valence electrons. The van der Waals surface area contributed by atoms with Crippen LogP contribution in [-0.4, -0.2) is 25.8 Å². The molecule has 0 spiro atoms. The Bertz CT molecular complexity index is 396. The van der Waals surface area contributed by atoms with Gasteiger partial charge in [-0.3, -0.25) is 0 Å². The summed E-state index contributed by atoms with van der Waals surface area (Å²) >= 11 is 6.29. The molecule has 1 N–H and O–H groups in total. The molecular formula is C15H22ClNO. The molecule has 1 aromatic carbocycles. The molecule has 18 heavy (non-hydrogen) atoms. The minimum atomic E-state index is 0.182. The highest BCUT2D eigenvalue weighted by molar-refractivity contribution is 6.31. The molecule has 1 saturated heterocycles. The third-order valence-corrected chi connectivity index (χ3v) is 4.43. The van der Waals surface area contributed by atoms with E-state index in [1.165, 1.54) is 5.56 Å². The molecule has 1 aliphatic rings. The topological polar surface area (TPSA) is 21.3 Å². The summed E-state index contributed by atoms with van der Waals surface area (Å²) in [6.45, 7) is 7.18. The van der Waals surface area contributed by atoms with Gasteiger partial charge in [-0.05, 0) is 37.9 Å². The first-order valence-corrected chi connectivity index (χ1v) is 7.11. The van der Waals surface area contributed by atoms with E-state index in [1.807, 2.05) is 12.1 Å². The van der Waals surface area contributed by atoms with Gasteiger partial charge in [-0.25, -0.2) is 0 Å². The molecule has 2 rings (SSSR count). The van der Waals surface area contributed by atoms with Gasteiger partial charge >= 0.3 is 0 Å². The number of nitrogens with one attached hydrogen (secondary N) is 1. The van der Waals surface area contributed by atoms with Crippen LogP contribution in [0.3, 0.4) is 0 Å². The van der Waals surface area contributed by atoms with E-state index in [4.69, 9.17) is 16.3 Å². The van der Waals surface area contributed by atoms with Crippen molar-refractivity contribution >= 4 is 11.6 Å². The zero-order chi connectivity index (χ0) is 13.0. The average molecular weight is 268 g/mol. The van der Waals surface area contributed by atoms with E-state index in [9.17, 15) is 0 Å². The van der Waals surface area contributed by atoms with Crippen molar-refractivity contribution in [3.8, 4) is 0 Å². The van der Waals surface area contributed by atoms with Crippen molar-refractivity contribution in [3.05, 3.63) is 34.9 Å². The molecule has 2 unspecified atom stereocenters. The molecule has 0 amide bonds. The van der Waals surface area contributed by atoms with E-state index >= 15 is 0 Å². The Balaban J connectivity index is 2.18. The molecule has 1 aliphatic heterocycles. The largest absolute Gasteiger partial charge is 0.378 e. The van der Waals surface area contributed by atoms with E-state index < -0.39 is 0 Å². The summed E-state index contributed by atoms with van der Waals surface area (Å²) in [6, 6.07) is 8.14. The van der Waals surface area contributed by atoms with Crippen molar-refractivity contribution in [2.75, 3.05) is 19.7 Å². The fourth-order valence-electron chi connectivity index (χ4n) is 2.74. The second-order valence-corrected chi connectivity index (χ2v) is 5.58. The molecule has 3 heteroatoms. The Kier molecular flexibility index (Phi) is 4.66. The summed E-state index contributed by atoms with van der Waals surface area (Å²) in [5.74, 6) is 0. The minimum Gasteiger partial charge on any atom is -0.378 e. The highest BCUT2D eigenvalue weighted by Crippen LogP contribution is 2.39. The maximum absolute atomic E-state index is 6.29. The van der Waals surface area contributed by atoms with Crippen molar-refractivity contribution in [3.63, 3.8) is 0 Å². The predicted octanol–water partition coefficient (Wildman–Crippen LogP) is 3.29. The highest BCUT2D eigenvalue weighted by atomic mass is 35.5. The molecule has 0 saturated carbocycles. The first kappa shape index (κ1) is 13.9. The maximum atomic E-state index is 6.29. The van der Waals surface area contributed by atoms with Crippen LogP contribution >= 0.6 is 11.6 Å². The van der Waals surface area contributed by atoms with Crippen LogP contribution in [0.15, 0.2) is 24.3 Å². The SMILES string of the molecule is CCNCC1(Cc2ccccc2Cl)CCOC1C.